The van der Waals surface area contributed by atoms with Crippen molar-refractivity contribution in [2.24, 2.45) is 40.9 Å². The standard InChI is InChI=1S/C41H29N9O16S3.Cu.4Na/c51-32-12-10-23(15-26(32)41(56)57)44-45-24-9-11-28(36(16-24)68(61,62)63)42-21-5-7-22(8-6-21)43-47-29-18-30(35(54)19-34(29)53)48-49-31-17-25(67(58,59)60)13-20-14-37(69(64,65)66)39(40(55)38(20)31)50-46-27-3-1-2-4-33(27)52;;;;;/h1-19,42,51-55H,(H,56,57)(H,58,59,60)(H,61,62,63)(H,64,65,66);;;;;/q;+2;4*+1/p-6. The molecule has 74 heavy (non-hydrogen) atoms. The van der Waals surface area contributed by atoms with E-state index in [0.717, 1.165) is 36.4 Å². The largest absolute Gasteiger partial charge is 2.00 e. The summed E-state index contributed by atoms with van der Waals surface area (Å²) in [6, 6.07) is 20.6. The number of carboxylic acids is 1. The maximum absolute atomic E-state index is 13.8. The summed E-state index contributed by atoms with van der Waals surface area (Å²) in [6.45, 7) is 0. The number of azo groups is 4. The molecule has 25 nitrogen and oxygen atoms in total. The minimum atomic E-state index is -5.55. The minimum absolute atomic E-state index is 0. The number of hydrogen-bond acceptors (Lipinski definition) is 25. The number of phenols is 3. The van der Waals surface area contributed by atoms with Gasteiger partial charge in [0.25, 0.3) is 0 Å². The number of rotatable bonds is 14. The zero-order valence-electron chi connectivity index (χ0n) is 38.2. The molecular formula is C41H23CuN9Na4O16S3. The second kappa shape index (κ2) is 27.2. The van der Waals surface area contributed by atoms with Gasteiger partial charge in [0.1, 0.15) is 59.0 Å². The van der Waals surface area contributed by atoms with E-state index in [9.17, 15) is 74.3 Å². The van der Waals surface area contributed by atoms with Gasteiger partial charge in [-0.15, -0.1) is 20.5 Å². The van der Waals surface area contributed by atoms with Gasteiger partial charge in [0.15, 0.2) is 0 Å². The summed E-state index contributed by atoms with van der Waals surface area (Å²) in [7, 11) is -16.0. The SMILES string of the molecule is O=C([O-])c1cc(N=Nc2ccc(Nc3ccc(N=Nc4cc(N=Nc5cc(S(=O)(=O)[O-])cc6cc(S(=O)(=O)[O-])c(N=Nc7ccccc7[O-])c([O-])c56)c(O)cc4O)cc3)c(S(=O)(=O)[O-])c2)ccc1O.[Cu+2].[Na+].[Na+].[Na+].[Na+]. The first-order chi connectivity index (χ1) is 32.5. The Kier molecular flexibility index (Phi) is 24.2. The van der Waals surface area contributed by atoms with Gasteiger partial charge >= 0.3 is 135 Å². The molecule has 0 spiro atoms. The van der Waals surface area contributed by atoms with Crippen molar-refractivity contribution in [3.8, 4) is 28.7 Å². The van der Waals surface area contributed by atoms with E-state index in [2.05, 4.69) is 46.2 Å². The summed E-state index contributed by atoms with van der Waals surface area (Å²) in [5.41, 5.74) is -3.56. The molecule has 7 aromatic carbocycles. The fourth-order valence-corrected chi connectivity index (χ4v) is 7.85. The molecule has 0 amide bonds. The number of hydrogen-bond donors (Lipinski definition) is 4. The molecule has 0 saturated heterocycles. The summed E-state index contributed by atoms with van der Waals surface area (Å²) >= 11 is 0. The molecule has 0 aromatic heterocycles. The minimum Gasteiger partial charge on any atom is -0.871 e. The Morgan fingerprint density at radius 1 is 0.500 bits per heavy atom. The van der Waals surface area contributed by atoms with Crippen molar-refractivity contribution >= 4 is 104 Å². The molecule has 33 heteroatoms. The third kappa shape index (κ3) is 16.1. The Hall–Kier alpha value is -4.28. The predicted octanol–water partition coefficient (Wildman–Crippen LogP) is -5.40. The van der Waals surface area contributed by atoms with Crippen LogP contribution in [0.2, 0.25) is 0 Å². The van der Waals surface area contributed by atoms with Crippen LogP contribution in [0.3, 0.4) is 0 Å². The van der Waals surface area contributed by atoms with Crippen LogP contribution in [-0.2, 0) is 47.4 Å². The van der Waals surface area contributed by atoms with Gasteiger partial charge in [-0.05, 0) is 90.3 Å². The second-order valence-electron chi connectivity index (χ2n) is 13.9. The van der Waals surface area contributed by atoms with Crippen LogP contribution >= 0.6 is 0 Å². The molecule has 0 atom stereocenters. The third-order valence-corrected chi connectivity index (χ3v) is 11.8. The van der Waals surface area contributed by atoms with E-state index in [0.29, 0.717) is 18.2 Å². The van der Waals surface area contributed by atoms with Crippen LogP contribution in [0.4, 0.5) is 56.9 Å². The van der Waals surface area contributed by atoms with Gasteiger partial charge in [0.2, 0.25) is 0 Å². The number of phenolic OH excluding ortho intramolecular Hbond substituents is 2. The van der Waals surface area contributed by atoms with Gasteiger partial charge in [0.05, 0.1) is 60.5 Å². The smallest absolute Gasteiger partial charge is 0.871 e. The van der Waals surface area contributed by atoms with Crippen molar-refractivity contribution in [2.75, 3.05) is 5.32 Å². The topological polar surface area (TPSA) is 429 Å². The van der Waals surface area contributed by atoms with E-state index in [1.54, 1.807) is 0 Å². The number of carboxylic acid groups (broad SMARTS) is 1. The number of aromatic hydroxyl groups is 3. The van der Waals surface area contributed by atoms with Crippen molar-refractivity contribution in [1.82, 2.24) is 0 Å². The van der Waals surface area contributed by atoms with E-state index < -0.39 is 113 Å². The summed E-state index contributed by atoms with van der Waals surface area (Å²) in [4.78, 5) is 8.13. The molecule has 0 aliphatic heterocycles. The van der Waals surface area contributed by atoms with E-state index >= 15 is 0 Å². The van der Waals surface area contributed by atoms with E-state index in [4.69, 9.17) is 0 Å². The summed E-state index contributed by atoms with van der Waals surface area (Å²) in [5.74, 6) is -5.73. The third-order valence-electron chi connectivity index (χ3n) is 9.24. The molecule has 361 valence electrons. The van der Waals surface area contributed by atoms with Crippen LogP contribution < -0.4 is 139 Å². The average molecular weight is 1150 g/mol. The zero-order valence-corrected chi connectivity index (χ0v) is 49.6. The molecule has 0 heterocycles. The van der Waals surface area contributed by atoms with Crippen LogP contribution in [0.5, 0.6) is 28.7 Å². The fourth-order valence-electron chi connectivity index (χ4n) is 6.02. The summed E-state index contributed by atoms with van der Waals surface area (Å²) < 4.78 is 110. The Labute approximate surface area is 517 Å². The van der Waals surface area contributed by atoms with Gasteiger partial charge < -0.3 is 54.4 Å². The number of benzene rings is 7. The molecule has 0 aliphatic rings. The van der Waals surface area contributed by atoms with Crippen LogP contribution in [0, 0.1) is 0 Å². The Morgan fingerprint density at radius 3 is 1.61 bits per heavy atom. The first-order valence-corrected chi connectivity index (χ1v) is 22.9. The number of nitrogens with zero attached hydrogens (tertiary/aromatic N) is 8. The van der Waals surface area contributed by atoms with E-state index in [1.165, 1.54) is 60.7 Å². The number of anilines is 2. The Bertz CT molecular complexity index is 3750. The summed E-state index contributed by atoms with van der Waals surface area (Å²) in [5, 5.41) is 99.8. The average Bonchev–Trinajstić information content (AvgIpc) is 3.27. The molecule has 4 N–H and O–H groups in total. The van der Waals surface area contributed by atoms with Crippen molar-refractivity contribution in [3.05, 3.63) is 121 Å². The molecule has 0 bridgehead atoms. The number of para-hydroxylation sites is 1. The second-order valence-corrected chi connectivity index (χ2v) is 18.0. The normalized spacial score (nSPS) is 11.7. The number of aromatic carboxylic acids is 1. The number of carbonyl (C=O) groups is 1. The van der Waals surface area contributed by atoms with Crippen LogP contribution in [-0.4, -0.2) is 60.2 Å². The van der Waals surface area contributed by atoms with Crippen LogP contribution in [0.1, 0.15) is 10.4 Å². The van der Waals surface area contributed by atoms with Crippen LogP contribution in [0.15, 0.2) is 171 Å². The van der Waals surface area contributed by atoms with Crippen molar-refractivity contribution < 1.29 is 210 Å². The maximum Gasteiger partial charge on any atom is 2.00 e. The number of nitrogens with one attached hydrogen (secondary N) is 1. The predicted molar refractivity (Wildman–Crippen MR) is 228 cm³/mol. The van der Waals surface area contributed by atoms with Crippen molar-refractivity contribution in [2.45, 2.75) is 14.7 Å². The zero-order chi connectivity index (χ0) is 50.0. The van der Waals surface area contributed by atoms with Crippen molar-refractivity contribution in [1.29, 1.82) is 0 Å². The van der Waals surface area contributed by atoms with Gasteiger partial charge in [-0.1, -0.05) is 29.7 Å². The first-order valence-electron chi connectivity index (χ1n) is 18.7. The number of carbonyl (C=O) groups excluding carboxylic acids is 1. The van der Waals surface area contributed by atoms with Crippen molar-refractivity contribution in [3.63, 3.8) is 0 Å². The molecule has 0 fully saturated rings. The van der Waals surface area contributed by atoms with E-state index in [1.807, 2.05) is 0 Å². The quantitative estimate of drug-likeness (QED) is 0.0449. The Morgan fingerprint density at radius 2 is 1.03 bits per heavy atom. The van der Waals surface area contributed by atoms with Gasteiger partial charge in [-0.3, -0.25) is 0 Å². The molecule has 0 aliphatic carbocycles. The first kappa shape index (κ1) is 65.8. The molecule has 0 saturated carbocycles. The van der Waals surface area contributed by atoms with Crippen LogP contribution in [0.25, 0.3) is 10.8 Å². The maximum atomic E-state index is 13.8. The number of fused-ring (bicyclic) bond motifs is 1. The summed E-state index contributed by atoms with van der Waals surface area (Å²) in [6.07, 6.45) is 0. The fraction of sp³-hybridized carbons (Fsp3) is 0. The van der Waals surface area contributed by atoms with E-state index in [-0.39, 0.29) is 175 Å². The van der Waals surface area contributed by atoms with Gasteiger partial charge in [0, 0.05) is 28.8 Å². The Balaban J connectivity index is 0.00000375. The monoisotopic (exact) mass is 1150 g/mol. The molecule has 1 radical (unpaired) electrons. The van der Waals surface area contributed by atoms with Gasteiger partial charge in [-0.25, -0.2) is 25.3 Å². The van der Waals surface area contributed by atoms with Gasteiger partial charge in [-0.2, -0.15) is 20.5 Å². The molecular weight excluding hydrogens is 1130 g/mol. The molecule has 0 unspecified atom stereocenters. The molecule has 7 aromatic rings. The molecule has 7 rings (SSSR count).